The van der Waals surface area contributed by atoms with E-state index in [9.17, 15) is 8.78 Å². The van der Waals surface area contributed by atoms with E-state index in [0.717, 1.165) is 6.07 Å². The smallest absolute Gasteiger partial charge is 0.216 e. The molecule has 0 aliphatic heterocycles. The molecule has 19 heavy (non-hydrogen) atoms. The summed E-state index contributed by atoms with van der Waals surface area (Å²) in [6.45, 7) is 0. The van der Waals surface area contributed by atoms with Gasteiger partial charge in [-0.1, -0.05) is 12.1 Å². The third-order valence-electron chi connectivity index (χ3n) is 2.72. The molecule has 0 saturated carbocycles. The van der Waals surface area contributed by atoms with E-state index in [-0.39, 0.29) is 12.0 Å². The Hall–Kier alpha value is -2.08. The van der Waals surface area contributed by atoms with Gasteiger partial charge < -0.3 is 10.5 Å². The highest BCUT2D eigenvalue weighted by atomic mass is 19.2. The van der Waals surface area contributed by atoms with Crippen LogP contribution in [-0.4, -0.2) is 17.1 Å². The van der Waals surface area contributed by atoms with Crippen LogP contribution in [0.4, 0.5) is 8.78 Å². The number of hydrogen-bond acceptors (Lipinski definition) is 4. The lowest BCUT2D eigenvalue weighted by molar-refractivity contribution is 0.395. The first kappa shape index (κ1) is 13.4. The monoisotopic (exact) mass is 265 g/mol. The van der Waals surface area contributed by atoms with E-state index in [1.54, 1.807) is 6.07 Å². The van der Waals surface area contributed by atoms with Gasteiger partial charge in [-0.3, -0.25) is 0 Å². The van der Waals surface area contributed by atoms with Crippen LogP contribution in [0.2, 0.25) is 0 Å². The minimum Gasteiger partial charge on any atom is -0.481 e. The molecular weight excluding hydrogens is 252 g/mol. The molecule has 4 nitrogen and oxygen atoms in total. The lowest BCUT2D eigenvalue weighted by Crippen LogP contribution is -2.16. The summed E-state index contributed by atoms with van der Waals surface area (Å²) < 4.78 is 31.6. The molecule has 100 valence electrons. The molecule has 0 fully saturated rings. The summed E-state index contributed by atoms with van der Waals surface area (Å²) in [4.78, 5) is 7.86. The number of benzene rings is 1. The fourth-order valence-electron chi connectivity index (χ4n) is 1.72. The van der Waals surface area contributed by atoms with Gasteiger partial charge in [0.2, 0.25) is 5.88 Å². The van der Waals surface area contributed by atoms with Crippen LogP contribution in [0.5, 0.6) is 5.88 Å². The number of ether oxygens (including phenoxy) is 1. The first-order valence-electron chi connectivity index (χ1n) is 5.66. The Balaban J connectivity index is 2.20. The molecule has 0 amide bonds. The van der Waals surface area contributed by atoms with Crippen LogP contribution < -0.4 is 10.5 Å². The maximum atomic E-state index is 13.5. The first-order chi connectivity index (χ1) is 9.11. The van der Waals surface area contributed by atoms with Crippen LogP contribution in [0.15, 0.2) is 30.6 Å². The van der Waals surface area contributed by atoms with Gasteiger partial charge in [-0.15, -0.1) is 0 Å². The van der Waals surface area contributed by atoms with Crippen molar-refractivity contribution in [2.24, 2.45) is 5.73 Å². The molecule has 1 heterocycles. The molecule has 6 heteroatoms. The van der Waals surface area contributed by atoms with Crippen molar-refractivity contribution in [3.63, 3.8) is 0 Å². The van der Waals surface area contributed by atoms with Crippen molar-refractivity contribution in [2.75, 3.05) is 7.11 Å². The van der Waals surface area contributed by atoms with Crippen LogP contribution in [0.25, 0.3) is 0 Å². The van der Waals surface area contributed by atoms with Crippen LogP contribution in [-0.2, 0) is 6.42 Å². The van der Waals surface area contributed by atoms with E-state index in [1.807, 2.05) is 0 Å². The van der Waals surface area contributed by atoms with Crippen molar-refractivity contribution >= 4 is 0 Å². The van der Waals surface area contributed by atoms with E-state index in [4.69, 9.17) is 10.5 Å². The summed E-state index contributed by atoms with van der Waals surface area (Å²) in [5.41, 5.74) is 6.66. The van der Waals surface area contributed by atoms with Crippen molar-refractivity contribution in [2.45, 2.75) is 12.5 Å². The number of nitrogens with zero attached hydrogens (tertiary/aromatic N) is 2. The lowest BCUT2D eigenvalue weighted by Gasteiger charge is -2.12. The Labute approximate surface area is 109 Å². The molecule has 1 aromatic carbocycles. The summed E-state index contributed by atoms with van der Waals surface area (Å²) in [6.07, 6.45) is 1.46. The third-order valence-corrected chi connectivity index (χ3v) is 2.72. The maximum Gasteiger partial charge on any atom is 0.216 e. The number of nitrogens with two attached hydrogens (primary N) is 1. The molecule has 0 saturated heterocycles. The molecule has 1 aromatic heterocycles. The molecule has 0 radical (unpaired) electrons. The molecule has 0 spiro atoms. The van der Waals surface area contributed by atoms with Gasteiger partial charge in [0, 0.05) is 6.07 Å². The van der Waals surface area contributed by atoms with Gasteiger partial charge in [-0.25, -0.2) is 18.7 Å². The van der Waals surface area contributed by atoms with Crippen LogP contribution in [0.1, 0.15) is 17.3 Å². The van der Waals surface area contributed by atoms with E-state index in [2.05, 4.69) is 9.97 Å². The number of hydrogen-bond donors (Lipinski definition) is 1. The molecule has 2 rings (SSSR count). The molecule has 1 atom stereocenters. The fraction of sp³-hybridized carbons (Fsp3) is 0.231. The number of halogens is 2. The summed E-state index contributed by atoms with van der Waals surface area (Å²) >= 11 is 0. The largest absolute Gasteiger partial charge is 0.481 e. The quantitative estimate of drug-likeness (QED) is 0.918. The summed E-state index contributed by atoms with van der Waals surface area (Å²) in [5, 5.41) is 0. The molecule has 0 aliphatic carbocycles. The minimum atomic E-state index is -0.884. The molecule has 0 bridgehead atoms. The molecular formula is C13H13F2N3O. The van der Waals surface area contributed by atoms with E-state index in [0.29, 0.717) is 11.6 Å². The zero-order valence-corrected chi connectivity index (χ0v) is 10.3. The Bertz CT molecular complexity index is 578. The fourth-order valence-corrected chi connectivity index (χ4v) is 1.72. The summed E-state index contributed by atoms with van der Waals surface area (Å²) in [7, 11) is 1.48. The number of aromatic nitrogens is 2. The Morgan fingerprint density at radius 2 is 2.11 bits per heavy atom. The highest BCUT2D eigenvalue weighted by Gasteiger charge is 2.14. The molecule has 1 unspecified atom stereocenters. The number of methoxy groups -OCH3 is 1. The van der Waals surface area contributed by atoms with Crippen molar-refractivity contribution < 1.29 is 13.5 Å². The molecule has 0 aliphatic rings. The summed E-state index contributed by atoms with van der Waals surface area (Å²) in [6, 6.07) is 5.02. The standard InChI is InChI=1S/C13H13F2N3O/c1-19-12-6-11(17-7-18-12)10(16)5-8-3-2-4-9(14)13(8)15/h2-4,6-7,10H,5,16H2,1H3. The van der Waals surface area contributed by atoms with Gasteiger partial charge in [0.05, 0.1) is 18.8 Å². The predicted molar refractivity (Wildman–Crippen MR) is 65.6 cm³/mol. The lowest BCUT2D eigenvalue weighted by atomic mass is 10.0. The molecule has 2 aromatic rings. The average molecular weight is 265 g/mol. The van der Waals surface area contributed by atoms with E-state index >= 15 is 0 Å². The summed E-state index contributed by atoms with van der Waals surface area (Å²) in [5.74, 6) is -1.39. The van der Waals surface area contributed by atoms with Gasteiger partial charge in [0.15, 0.2) is 11.6 Å². The van der Waals surface area contributed by atoms with Crippen molar-refractivity contribution in [3.8, 4) is 5.88 Å². The second kappa shape index (κ2) is 5.71. The highest BCUT2D eigenvalue weighted by molar-refractivity contribution is 5.23. The zero-order chi connectivity index (χ0) is 13.8. The van der Waals surface area contributed by atoms with Gasteiger partial charge in [0.1, 0.15) is 6.33 Å². The second-order valence-corrected chi connectivity index (χ2v) is 4.01. The van der Waals surface area contributed by atoms with Crippen molar-refractivity contribution in [3.05, 3.63) is 53.5 Å². The first-order valence-corrected chi connectivity index (χ1v) is 5.66. The van der Waals surface area contributed by atoms with Gasteiger partial charge in [-0.05, 0) is 18.1 Å². The van der Waals surface area contributed by atoms with Crippen LogP contribution in [0, 0.1) is 11.6 Å². The second-order valence-electron chi connectivity index (χ2n) is 4.01. The van der Waals surface area contributed by atoms with Crippen LogP contribution in [0.3, 0.4) is 0 Å². The van der Waals surface area contributed by atoms with Gasteiger partial charge in [-0.2, -0.15) is 0 Å². The SMILES string of the molecule is COc1cc(C(N)Cc2cccc(F)c2F)ncn1. The van der Waals surface area contributed by atoms with Gasteiger partial charge >= 0.3 is 0 Å². The third kappa shape index (κ3) is 3.03. The minimum absolute atomic E-state index is 0.143. The zero-order valence-electron chi connectivity index (χ0n) is 10.3. The van der Waals surface area contributed by atoms with E-state index in [1.165, 1.54) is 25.6 Å². The maximum absolute atomic E-state index is 13.5. The predicted octanol–water partition coefficient (Wildman–Crippen LogP) is 2.01. The van der Waals surface area contributed by atoms with Crippen LogP contribution >= 0.6 is 0 Å². The van der Waals surface area contributed by atoms with Gasteiger partial charge in [0.25, 0.3) is 0 Å². The Morgan fingerprint density at radius 3 is 2.84 bits per heavy atom. The Morgan fingerprint density at radius 1 is 1.32 bits per heavy atom. The average Bonchev–Trinajstić information content (AvgIpc) is 2.44. The normalized spacial score (nSPS) is 12.2. The van der Waals surface area contributed by atoms with E-state index < -0.39 is 17.7 Å². The Kier molecular flexibility index (Phi) is 4.01. The van der Waals surface area contributed by atoms with Crippen molar-refractivity contribution in [1.29, 1.82) is 0 Å². The van der Waals surface area contributed by atoms with Crippen molar-refractivity contribution in [1.82, 2.24) is 9.97 Å². The molecule has 2 N–H and O–H groups in total. The highest BCUT2D eigenvalue weighted by Crippen LogP contribution is 2.19. The number of rotatable bonds is 4. The topological polar surface area (TPSA) is 61.0 Å².